The van der Waals surface area contributed by atoms with Crippen LogP contribution >= 0.6 is 0 Å². The van der Waals surface area contributed by atoms with Crippen molar-refractivity contribution < 1.29 is 33.7 Å². The number of carbonyl (C=O) groups excluding carboxylic acids is 2. The molecule has 1 aliphatic heterocycles. The van der Waals surface area contributed by atoms with E-state index in [0.29, 0.717) is 5.56 Å². The highest BCUT2D eigenvalue weighted by molar-refractivity contribution is 6.37. The quantitative estimate of drug-likeness (QED) is 0.230. The van der Waals surface area contributed by atoms with Crippen molar-refractivity contribution in [1.82, 2.24) is 0 Å². The number of esters is 2. The third-order valence-electron chi connectivity index (χ3n) is 3.83. The molecule has 2 rings (SSSR count). The zero-order chi connectivity index (χ0) is 20.1. The van der Waals surface area contributed by atoms with Gasteiger partial charge in [-0.3, -0.25) is 15.3 Å². The lowest BCUT2D eigenvalue weighted by molar-refractivity contribution is -0.737. The average molecular weight is 378 g/mol. The number of benzene rings is 1. The summed E-state index contributed by atoms with van der Waals surface area (Å²) in [6.45, 7) is 6.89. The van der Waals surface area contributed by atoms with Crippen molar-refractivity contribution in [3.05, 3.63) is 57.3 Å². The van der Waals surface area contributed by atoms with E-state index in [1.807, 2.05) is 0 Å². The van der Waals surface area contributed by atoms with Gasteiger partial charge in [-0.05, 0) is 19.4 Å². The summed E-state index contributed by atoms with van der Waals surface area (Å²) in [5, 5.41) is 23.0. The van der Waals surface area contributed by atoms with Crippen molar-refractivity contribution in [1.29, 1.82) is 0 Å². The number of ether oxygens (including phenoxy) is 2. The van der Waals surface area contributed by atoms with Crippen LogP contribution in [-0.2, 0) is 23.9 Å². The van der Waals surface area contributed by atoms with Crippen LogP contribution in [0.3, 0.4) is 0 Å². The lowest BCUT2D eigenvalue weighted by Crippen LogP contribution is -2.32. The zero-order valence-corrected chi connectivity index (χ0v) is 14.7. The summed E-state index contributed by atoms with van der Waals surface area (Å²) in [5.41, 5.74) is -0.381. The Labute approximate surface area is 154 Å². The number of nitro benzene ring substituents is 1. The molecule has 27 heavy (non-hydrogen) atoms. The molecule has 10 nitrogen and oxygen atoms in total. The van der Waals surface area contributed by atoms with Crippen molar-refractivity contribution in [3.8, 4) is 0 Å². The third-order valence-corrected chi connectivity index (χ3v) is 3.83. The summed E-state index contributed by atoms with van der Waals surface area (Å²) < 4.78 is 9.77. The molecule has 0 bridgehead atoms. The second-order valence-electron chi connectivity index (χ2n) is 5.46. The van der Waals surface area contributed by atoms with Gasteiger partial charge < -0.3 is 14.3 Å². The Hall–Kier alpha value is -3.43. The fourth-order valence-electron chi connectivity index (χ4n) is 2.63. The molecule has 144 valence electrons. The van der Waals surface area contributed by atoms with E-state index in [-0.39, 0.29) is 35.1 Å². The molecular formula is C17H18N2O8. The molecule has 1 aromatic carbocycles. The second-order valence-corrected chi connectivity index (χ2v) is 5.46. The van der Waals surface area contributed by atoms with Crippen LogP contribution in [0.15, 0.2) is 36.4 Å². The fourth-order valence-corrected chi connectivity index (χ4v) is 2.63. The van der Waals surface area contributed by atoms with E-state index in [2.05, 4.69) is 6.58 Å². The van der Waals surface area contributed by atoms with Crippen LogP contribution in [0, 0.1) is 15.3 Å². The lowest BCUT2D eigenvalue weighted by atomic mass is 9.86. The number of carbonyl (C=O) groups is 2. The van der Waals surface area contributed by atoms with Crippen LogP contribution in [0.2, 0.25) is 0 Å². The molecule has 0 N–H and O–H groups in total. The summed E-state index contributed by atoms with van der Waals surface area (Å²) in [4.78, 5) is 39.6. The zero-order valence-electron chi connectivity index (χ0n) is 14.7. The van der Waals surface area contributed by atoms with Gasteiger partial charge in [-0.1, -0.05) is 18.7 Å². The van der Waals surface area contributed by atoms with Crippen LogP contribution in [0.4, 0.5) is 5.69 Å². The smallest absolute Gasteiger partial charge is 0.405 e. The molecule has 0 saturated heterocycles. The van der Waals surface area contributed by atoms with Gasteiger partial charge in [0.05, 0.1) is 28.6 Å². The van der Waals surface area contributed by atoms with Crippen LogP contribution < -0.4 is 0 Å². The van der Waals surface area contributed by atoms with Gasteiger partial charge in [-0.15, -0.1) is 0 Å². The first-order valence-electron chi connectivity index (χ1n) is 8.10. The molecule has 0 radical (unpaired) electrons. The molecule has 1 heterocycles. The summed E-state index contributed by atoms with van der Waals surface area (Å²) in [6, 6.07) is 5.18. The van der Waals surface area contributed by atoms with Crippen molar-refractivity contribution >= 4 is 23.3 Å². The molecule has 2 atom stereocenters. The minimum atomic E-state index is -1.22. The van der Waals surface area contributed by atoms with Gasteiger partial charge in [0.1, 0.15) is 12.0 Å². The van der Waals surface area contributed by atoms with E-state index in [4.69, 9.17) is 14.3 Å². The highest BCUT2D eigenvalue weighted by Gasteiger charge is 2.49. The molecule has 0 unspecified atom stereocenters. The maximum Gasteiger partial charge on any atom is 0.405 e. The van der Waals surface area contributed by atoms with Crippen LogP contribution in [0.1, 0.15) is 25.3 Å². The lowest BCUT2D eigenvalue weighted by Gasteiger charge is -2.20. The molecule has 0 aromatic heterocycles. The highest BCUT2D eigenvalue weighted by atomic mass is 16.9. The minimum Gasteiger partial charge on any atom is -0.463 e. The molecule has 0 saturated carbocycles. The SMILES string of the molecule is C=C(C(=O)OCC)[C@H]1O[N+]([O-])=C(C(=O)OCC)[C@H]1c1ccc([N+](=O)[O-])cc1. The fraction of sp³-hybridized carbons (Fsp3) is 0.353. The Morgan fingerprint density at radius 1 is 1.22 bits per heavy atom. The third kappa shape index (κ3) is 4.05. The van der Waals surface area contributed by atoms with E-state index >= 15 is 0 Å². The number of nitrogens with zero attached hydrogens (tertiary/aromatic N) is 2. The van der Waals surface area contributed by atoms with E-state index in [0.717, 1.165) is 0 Å². The first-order chi connectivity index (χ1) is 12.8. The van der Waals surface area contributed by atoms with Crippen LogP contribution in [0.5, 0.6) is 0 Å². The second kappa shape index (κ2) is 8.30. The average Bonchev–Trinajstić information content (AvgIpc) is 2.98. The molecule has 10 heteroatoms. The standard InChI is InChI=1S/C17H18N2O8/c1-4-25-16(20)10(3)15-13(11-6-8-12(9-7-11)18(22)23)14(19(24)27-15)17(21)26-5-2/h6-9,13,15H,3-5H2,1-2H3/t13-,15-/m1/s1. The van der Waals surface area contributed by atoms with Gasteiger partial charge in [0, 0.05) is 12.1 Å². The van der Waals surface area contributed by atoms with Gasteiger partial charge in [0.15, 0.2) is 0 Å². The number of hydrogen-bond acceptors (Lipinski definition) is 8. The van der Waals surface area contributed by atoms with Gasteiger partial charge in [-0.2, -0.15) is 0 Å². The van der Waals surface area contributed by atoms with Crippen molar-refractivity contribution in [2.75, 3.05) is 13.2 Å². The van der Waals surface area contributed by atoms with E-state index in [9.17, 15) is 24.9 Å². The summed E-state index contributed by atoms with van der Waals surface area (Å²) in [6.07, 6.45) is -1.22. The van der Waals surface area contributed by atoms with Gasteiger partial charge in [-0.25, -0.2) is 9.59 Å². The van der Waals surface area contributed by atoms with Crippen molar-refractivity contribution in [3.63, 3.8) is 0 Å². The van der Waals surface area contributed by atoms with Gasteiger partial charge >= 0.3 is 17.7 Å². The summed E-state index contributed by atoms with van der Waals surface area (Å²) >= 11 is 0. The maximum absolute atomic E-state index is 12.2. The normalized spacial score (nSPS) is 18.6. The predicted octanol–water partition coefficient (Wildman–Crippen LogP) is 1.63. The minimum absolute atomic E-state index is 0.0147. The first-order valence-corrected chi connectivity index (χ1v) is 8.10. The number of nitro groups is 1. The highest BCUT2D eigenvalue weighted by Crippen LogP contribution is 2.34. The molecule has 1 aromatic rings. The Morgan fingerprint density at radius 2 is 1.81 bits per heavy atom. The molecule has 0 aliphatic carbocycles. The number of non-ortho nitro benzene ring substituents is 1. The monoisotopic (exact) mass is 378 g/mol. The van der Waals surface area contributed by atoms with E-state index < -0.39 is 28.9 Å². The Balaban J connectivity index is 2.47. The molecule has 0 amide bonds. The van der Waals surface area contributed by atoms with Crippen LogP contribution in [-0.4, -0.2) is 46.8 Å². The molecular weight excluding hydrogens is 360 g/mol. The maximum atomic E-state index is 12.2. The van der Waals surface area contributed by atoms with E-state index in [1.54, 1.807) is 13.8 Å². The van der Waals surface area contributed by atoms with Crippen molar-refractivity contribution in [2.45, 2.75) is 25.9 Å². The molecule has 0 fully saturated rings. The predicted molar refractivity (Wildman–Crippen MR) is 91.8 cm³/mol. The largest absolute Gasteiger partial charge is 0.463 e. The Bertz CT molecular complexity index is 800. The number of hydrogen-bond donors (Lipinski definition) is 0. The Morgan fingerprint density at radius 3 is 2.33 bits per heavy atom. The Kier molecular flexibility index (Phi) is 6.11. The summed E-state index contributed by atoms with van der Waals surface area (Å²) in [5.74, 6) is -2.75. The van der Waals surface area contributed by atoms with Gasteiger partial charge in [0.2, 0.25) is 0 Å². The van der Waals surface area contributed by atoms with E-state index in [1.165, 1.54) is 24.3 Å². The number of rotatable bonds is 7. The van der Waals surface area contributed by atoms with Gasteiger partial charge in [0.25, 0.3) is 5.69 Å². The molecule has 0 spiro atoms. The molecule has 1 aliphatic rings. The topological polar surface area (TPSA) is 131 Å². The first kappa shape index (κ1) is 19.9. The van der Waals surface area contributed by atoms with Crippen molar-refractivity contribution in [2.24, 2.45) is 0 Å². The summed E-state index contributed by atoms with van der Waals surface area (Å²) in [7, 11) is 0. The van der Waals surface area contributed by atoms with Crippen LogP contribution in [0.25, 0.3) is 0 Å².